The Labute approximate surface area is 215 Å². The molecule has 37 heavy (non-hydrogen) atoms. The highest BCUT2D eigenvalue weighted by Gasteiger charge is 2.56. The maximum atomic E-state index is 14.2. The van der Waals surface area contributed by atoms with Gasteiger partial charge in [0.2, 0.25) is 17.7 Å². The normalized spacial score (nSPS) is 31.5. The lowest BCUT2D eigenvalue weighted by Gasteiger charge is -2.36. The number of rotatable bonds is 8. The molecule has 198 valence electrons. The predicted molar refractivity (Wildman–Crippen MR) is 132 cm³/mol. The van der Waals surface area contributed by atoms with Crippen LogP contribution in [0.1, 0.15) is 50.5 Å². The number of benzene rings is 1. The molecule has 0 bridgehead atoms. The Morgan fingerprint density at radius 3 is 2.57 bits per heavy atom. The largest absolute Gasteiger partial charge is 0.389 e. The van der Waals surface area contributed by atoms with E-state index in [9.17, 15) is 29.1 Å². The third-order valence-corrected chi connectivity index (χ3v) is 8.68. The van der Waals surface area contributed by atoms with Crippen molar-refractivity contribution in [1.29, 1.82) is 0 Å². The molecule has 0 unspecified atom stereocenters. The summed E-state index contributed by atoms with van der Waals surface area (Å²) in [5.74, 6) is -1.99. The number of carbonyl (C=O) groups is 5. The predicted octanol–water partition coefficient (Wildman–Crippen LogP) is -0.00860. The Bertz CT molecular complexity index is 1090. The molecule has 0 radical (unpaired) electrons. The third-order valence-electron chi connectivity index (χ3n) is 8.68. The smallest absolute Gasteiger partial charge is 0.253 e. The number of aliphatic hydroxyl groups is 1. The number of carbonyl (C=O) groups excluding carboxylic acids is 5. The van der Waals surface area contributed by atoms with E-state index in [0.717, 1.165) is 19.3 Å². The van der Waals surface area contributed by atoms with Gasteiger partial charge < -0.3 is 26.0 Å². The van der Waals surface area contributed by atoms with E-state index in [1.54, 1.807) is 4.90 Å². The number of aliphatic hydroxyl groups excluding tert-OH is 1. The van der Waals surface area contributed by atoms with E-state index >= 15 is 0 Å². The topological polar surface area (TPSA) is 145 Å². The van der Waals surface area contributed by atoms with Crippen molar-refractivity contribution >= 4 is 29.4 Å². The summed E-state index contributed by atoms with van der Waals surface area (Å²) in [6.07, 6.45) is 3.84. The second kappa shape index (κ2) is 10.2. The van der Waals surface area contributed by atoms with Crippen molar-refractivity contribution in [2.75, 3.05) is 19.7 Å². The summed E-state index contributed by atoms with van der Waals surface area (Å²) < 4.78 is 0. The first-order valence-electron chi connectivity index (χ1n) is 13.2. The van der Waals surface area contributed by atoms with Gasteiger partial charge in [0.25, 0.3) is 5.91 Å². The molecule has 1 aromatic carbocycles. The first-order valence-corrected chi connectivity index (χ1v) is 13.2. The molecule has 4 aliphatic rings. The van der Waals surface area contributed by atoms with Gasteiger partial charge in [0.15, 0.2) is 5.78 Å². The number of fused-ring (bicyclic) bond motifs is 1. The van der Waals surface area contributed by atoms with Crippen LogP contribution in [0.2, 0.25) is 0 Å². The maximum Gasteiger partial charge on any atom is 0.253 e. The van der Waals surface area contributed by atoms with Crippen LogP contribution < -0.4 is 16.0 Å². The van der Waals surface area contributed by atoms with E-state index in [-0.39, 0.29) is 42.4 Å². The molecule has 3 aliphatic heterocycles. The van der Waals surface area contributed by atoms with Gasteiger partial charge in [0, 0.05) is 25.4 Å². The summed E-state index contributed by atoms with van der Waals surface area (Å²) in [6, 6.07) is 7.32. The van der Waals surface area contributed by atoms with Crippen molar-refractivity contribution in [3.05, 3.63) is 35.9 Å². The molecule has 0 spiro atoms. The van der Waals surface area contributed by atoms with Gasteiger partial charge >= 0.3 is 0 Å². The highest BCUT2D eigenvalue weighted by molar-refractivity contribution is 5.99. The molecule has 4 N–H and O–H groups in total. The number of nitrogens with zero attached hydrogens (tertiary/aromatic N) is 1. The van der Waals surface area contributed by atoms with Crippen molar-refractivity contribution in [1.82, 2.24) is 20.9 Å². The Balaban J connectivity index is 1.42. The maximum absolute atomic E-state index is 14.2. The van der Waals surface area contributed by atoms with Crippen LogP contribution in [-0.2, 0) is 29.5 Å². The van der Waals surface area contributed by atoms with E-state index in [4.69, 9.17) is 0 Å². The minimum Gasteiger partial charge on any atom is -0.389 e. The first kappa shape index (κ1) is 25.4. The standard InChI is InChI=1S/C27H34N4O6/c32-15-21(33)20(13-16-10-12-28-24(16)35)29-25(36)23-19-8-4-5-17(19)14-31(23)26(37)27(11-9-22(34)30-27)18-6-2-1-3-7-18/h1-3,6-7,16-17,19-20,23,32H,4-5,8-15H2,(H,28,35)(H,29,36)(H,30,34)/t16-,17-,19-,20+,23-,27-/m0/s1. The fraction of sp³-hybridized carbons (Fsp3) is 0.593. The van der Waals surface area contributed by atoms with Crippen molar-refractivity contribution in [2.45, 2.75) is 62.6 Å². The van der Waals surface area contributed by atoms with Crippen LogP contribution in [-0.4, -0.2) is 71.2 Å². The van der Waals surface area contributed by atoms with Gasteiger partial charge in [-0.05, 0) is 49.5 Å². The zero-order valence-corrected chi connectivity index (χ0v) is 20.8. The fourth-order valence-electron chi connectivity index (χ4n) is 6.78. The molecule has 1 saturated carbocycles. The van der Waals surface area contributed by atoms with Crippen LogP contribution in [0.15, 0.2) is 30.3 Å². The van der Waals surface area contributed by atoms with Gasteiger partial charge in [-0.1, -0.05) is 36.8 Å². The molecule has 3 heterocycles. The van der Waals surface area contributed by atoms with Crippen molar-refractivity contribution in [3.8, 4) is 0 Å². The molecule has 10 nitrogen and oxygen atoms in total. The van der Waals surface area contributed by atoms with Crippen LogP contribution >= 0.6 is 0 Å². The number of nitrogens with one attached hydrogen (secondary N) is 3. The molecule has 6 atom stereocenters. The number of ketones is 1. The van der Waals surface area contributed by atoms with Gasteiger partial charge in [-0.2, -0.15) is 0 Å². The highest BCUT2D eigenvalue weighted by atomic mass is 16.3. The molecule has 10 heteroatoms. The van der Waals surface area contributed by atoms with Gasteiger partial charge in [0.05, 0.1) is 6.04 Å². The van der Waals surface area contributed by atoms with E-state index in [0.29, 0.717) is 31.5 Å². The summed E-state index contributed by atoms with van der Waals surface area (Å²) in [7, 11) is 0. The van der Waals surface area contributed by atoms with Crippen LogP contribution in [0.5, 0.6) is 0 Å². The third kappa shape index (κ3) is 4.63. The van der Waals surface area contributed by atoms with Crippen molar-refractivity contribution in [3.63, 3.8) is 0 Å². The highest BCUT2D eigenvalue weighted by Crippen LogP contribution is 2.45. The average molecular weight is 511 g/mol. The van der Waals surface area contributed by atoms with E-state index in [2.05, 4.69) is 16.0 Å². The summed E-state index contributed by atoms with van der Waals surface area (Å²) >= 11 is 0. The van der Waals surface area contributed by atoms with Gasteiger partial charge in [-0.25, -0.2) is 0 Å². The molecule has 3 saturated heterocycles. The summed E-state index contributed by atoms with van der Waals surface area (Å²) in [4.78, 5) is 66.6. The summed E-state index contributed by atoms with van der Waals surface area (Å²) in [5, 5.41) is 18.0. The lowest BCUT2D eigenvalue weighted by atomic mass is 9.86. The Morgan fingerprint density at radius 1 is 1.14 bits per heavy atom. The number of Topliss-reactive ketones (excluding diaryl/α,β-unsaturated/α-hetero) is 1. The quantitative estimate of drug-likeness (QED) is 0.387. The monoisotopic (exact) mass is 510 g/mol. The molecule has 0 aromatic heterocycles. The van der Waals surface area contributed by atoms with E-state index in [1.807, 2.05) is 30.3 Å². The zero-order valence-electron chi connectivity index (χ0n) is 20.8. The average Bonchev–Trinajstić information content (AvgIpc) is 3.68. The van der Waals surface area contributed by atoms with Crippen LogP contribution in [0, 0.1) is 17.8 Å². The second-order valence-electron chi connectivity index (χ2n) is 10.8. The molecule has 5 rings (SSSR count). The molecule has 1 aromatic rings. The number of hydrogen-bond donors (Lipinski definition) is 4. The Morgan fingerprint density at radius 2 is 1.92 bits per heavy atom. The van der Waals surface area contributed by atoms with Crippen LogP contribution in [0.4, 0.5) is 0 Å². The first-order chi connectivity index (χ1) is 17.8. The van der Waals surface area contributed by atoms with E-state index < -0.39 is 41.8 Å². The second-order valence-corrected chi connectivity index (χ2v) is 10.8. The molecule has 1 aliphatic carbocycles. The van der Waals surface area contributed by atoms with Crippen LogP contribution in [0.25, 0.3) is 0 Å². The number of likely N-dealkylation sites (tertiary alicyclic amines) is 1. The van der Waals surface area contributed by atoms with E-state index in [1.165, 1.54) is 0 Å². The zero-order chi connectivity index (χ0) is 26.2. The lowest BCUT2D eigenvalue weighted by molar-refractivity contribution is -0.146. The van der Waals surface area contributed by atoms with Gasteiger partial charge in [-0.15, -0.1) is 0 Å². The molecular weight excluding hydrogens is 476 g/mol. The van der Waals surface area contributed by atoms with Crippen LogP contribution in [0.3, 0.4) is 0 Å². The minimum absolute atomic E-state index is 0.0477. The fourth-order valence-corrected chi connectivity index (χ4v) is 6.78. The lowest BCUT2D eigenvalue weighted by Crippen LogP contribution is -2.59. The van der Waals surface area contributed by atoms with Crippen molar-refractivity contribution in [2.24, 2.45) is 17.8 Å². The summed E-state index contributed by atoms with van der Waals surface area (Å²) in [5.41, 5.74) is -0.555. The number of amides is 4. The van der Waals surface area contributed by atoms with Gasteiger partial charge in [0.1, 0.15) is 18.2 Å². The molecule has 4 amide bonds. The summed E-state index contributed by atoms with van der Waals surface area (Å²) in [6.45, 7) is 0.177. The Kier molecular flexibility index (Phi) is 7.02. The minimum atomic E-state index is -1.24. The number of hydrogen-bond acceptors (Lipinski definition) is 6. The SMILES string of the molecule is O=C1CC[C@@](C(=O)N2C[C@@H]3CCC[C@@H]3[C@H]2C(=O)N[C@H](C[C@@H]2CCNC2=O)C(=O)CO)(c2ccccc2)N1. The van der Waals surface area contributed by atoms with Gasteiger partial charge in [-0.3, -0.25) is 24.0 Å². The molecule has 4 fully saturated rings. The van der Waals surface area contributed by atoms with Crippen molar-refractivity contribution < 1.29 is 29.1 Å². The Hall–Kier alpha value is -3.27. The molecular formula is C27H34N4O6.